The largest absolute Gasteiger partial charge is 0.0819 e. The van der Waals surface area contributed by atoms with Crippen LogP contribution in [0.25, 0.3) is 0 Å². The van der Waals surface area contributed by atoms with Gasteiger partial charge < -0.3 is 0 Å². The highest BCUT2D eigenvalue weighted by Crippen LogP contribution is 2.58. The highest BCUT2D eigenvalue weighted by Gasteiger charge is 2.52. The SMILES string of the molecule is [CH2][C@@H]1[C@@H](C=C(C)C)C1(C)C. The third-order valence-electron chi connectivity index (χ3n) is 2.65. The van der Waals surface area contributed by atoms with Crippen molar-refractivity contribution in [1.82, 2.24) is 0 Å². The van der Waals surface area contributed by atoms with E-state index in [2.05, 4.69) is 40.7 Å². The minimum absolute atomic E-state index is 0.470. The van der Waals surface area contributed by atoms with E-state index in [0.29, 0.717) is 11.3 Å². The molecule has 0 aromatic heterocycles. The van der Waals surface area contributed by atoms with Crippen LogP contribution in [0.4, 0.5) is 0 Å². The van der Waals surface area contributed by atoms with Crippen molar-refractivity contribution in [2.24, 2.45) is 17.3 Å². The quantitative estimate of drug-likeness (QED) is 0.487. The van der Waals surface area contributed by atoms with Crippen molar-refractivity contribution in [3.05, 3.63) is 18.6 Å². The molecule has 1 rings (SSSR count). The Kier molecular flexibility index (Phi) is 1.66. The summed E-state index contributed by atoms with van der Waals surface area (Å²) in [5.74, 6) is 1.37. The maximum Gasteiger partial charge on any atom is -0.0143 e. The molecule has 0 spiro atoms. The summed E-state index contributed by atoms with van der Waals surface area (Å²) in [7, 11) is 0. The third-order valence-corrected chi connectivity index (χ3v) is 2.65. The zero-order chi connectivity index (χ0) is 7.94. The summed E-state index contributed by atoms with van der Waals surface area (Å²) in [4.78, 5) is 0. The lowest BCUT2D eigenvalue weighted by atomic mass is 10.1. The number of hydrogen-bond donors (Lipinski definition) is 0. The molecule has 0 saturated heterocycles. The number of allylic oxidation sites excluding steroid dienone is 2. The number of rotatable bonds is 1. The molecule has 0 heterocycles. The van der Waals surface area contributed by atoms with E-state index in [0.717, 1.165) is 5.92 Å². The minimum atomic E-state index is 0.470. The molecular weight excluding hydrogens is 120 g/mol. The van der Waals surface area contributed by atoms with Gasteiger partial charge in [-0.25, -0.2) is 0 Å². The summed E-state index contributed by atoms with van der Waals surface area (Å²) < 4.78 is 0. The molecule has 0 bridgehead atoms. The lowest BCUT2D eigenvalue weighted by molar-refractivity contribution is 0.584. The first kappa shape index (κ1) is 7.84. The Morgan fingerprint density at radius 3 is 1.90 bits per heavy atom. The van der Waals surface area contributed by atoms with E-state index in [4.69, 9.17) is 0 Å². The van der Waals surface area contributed by atoms with Crippen molar-refractivity contribution in [1.29, 1.82) is 0 Å². The fourth-order valence-electron chi connectivity index (χ4n) is 1.48. The summed E-state index contributed by atoms with van der Waals surface area (Å²) in [6.07, 6.45) is 2.34. The van der Waals surface area contributed by atoms with Gasteiger partial charge in [0.1, 0.15) is 0 Å². The summed E-state index contributed by atoms with van der Waals surface area (Å²) in [6, 6.07) is 0. The lowest BCUT2D eigenvalue weighted by Gasteiger charge is -1.96. The van der Waals surface area contributed by atoms with Gasteiger partial charge in [-0.1, -0.05) is 25.5 Å². The van der Waals surface area contributed by atoms with Gasteiger partial charge in [0, 0.05) is 0 Å². The van der Waals surface area contributed by atoms with Crippen LogP contribution in [0, 0.1) is 24.2 Å². The third kappa shape index (κ3) is 1.12. The second kappa shape index (κ2) is 2.11. The van der Waals surface area contributed by atoms with Crippen LogP contribution in [-0.4, -0.2) is 0 Å². The van der Waals surface area contributed by atoms with Crippen LogP contribution in [0.15, 0.2) is 11.6 Å². The molecule has 1 radical (unpaired) electrons. The van der Waals surface area contributed by atoms with Crippen molar-refractivity contribution in [3.63, 3.8) is 0 Å². The summed E-state index contributed by atoms with van der Waals surface area (Å²) in [5, 5.41) is 0. The van der Waals surface area contributed by atoms with Crippen molar-refractivity contribution >= 4 is 0 Å². The highest BCUT2D eigenvalue weighted by molar-refractivity contribution is 5.17. The molecule has 0 aliphatic heterocycles. The van der Waals surface area contributed by atoms with Crippen LogP contribution in [0.2, 0.25) is 0 Å². The van der Waals surface area contributed by atoms with Crippen LogP contribution in [0.5, 0.6) is 0 Å². The van der Waals surface area contributed by atoms with E-state index >= 15 is 0 Å². The lowest BCUT2D eigenvalue weighted by Crippen LogP contribution is -1.87. The maximum absolute atomic E-state index is 4.09. The van der Waals surface area contributed by atoms with E-state index in [9.17, 15) is 0 Å². The maximum atomic E-state index is 4.09. The standard InChI is InChI=1S/C10H17/c1-7(2)6-9-8(3)10(9,4)5/h6,8-9H,3H2,1-2,4-5H3/t8-,9-/m1/s1. The molecule has 0 nitrogen and oxygen atoms in total. The molecule has 0 amide bonds. The van der Waals surface area contributed by atoms with E-state index < -0.39 is 0 Å². The molecule has 57 valence electrons. The summed E-state index contributed by atoms with van der Waals surface area (Å²) >= 11 is 0. The van der Waals surface area contributed by atoms with E-state index in [1.54, 1.807) is 0 Å². The fraction of sp³-hybridized carbons (Fsp3) is 0.700. The average Bonchev–Trinajstić information content (AvgIpc) is 2.17. The molecule has 1 aliphatic carbocycles. The first-order chi connectivity index (χ1) is 4.46. The Hall–Kier alpha value is -0.260. The van der Waals surface area contributed by atoms with Crippen LogP contribution in [0.1, 0.15) is 27.7 Å². The Labute approximate surface area is 64.3 Å². The number of hydrogen-bond acceptors (Lipinski definition) is 0. The van der Waals surface area contributed by atoms with Crippen molar-refractivity contribution < 1.29 is 0 Å². The van der Waals surface area contributed by atoms with Gasteiger partial charge in [-0.2, -0.15) is 0 Å². The highest BCUT2D eigenvalue weighted by atomic mass is 14.6. The van der Waals surface area contributed by atoms with Crippen LogP contribution in [0.3, 0.4) is 0 Å². The molecule has 0 unspecified atom stereocenters. The van der Waals surface area contributed by atoms with Gasteiger partial charge >= 0.3 is 0 Å². The van der Waals surface area contributed by atoms with Crippen LogP contribution in [-0.2, 0) is 0 Å². The molecule has 1 fully saturated rings. The Bertz CT molecular complexity index is 159. The topological polar surface area (TPSA) is 0 Å². The molecule has 0 aromatic rings. The van der Waals surface area contributed by atoms with Gasteiger partial charge in [-0.05, 0) is 38.0 Å². The second-order valence-electron chi connectivity index (χ2n) is 4.20. The van der Waals surface area contributed by atoms with E-state index in [1.807, 2.05) is 0 Å². The molecular formula is C10H17. The molecule has 1 saturated carbocycles. The van der Waals surface area contributed by atoms with E-state index in [-0.39, 0.29) is 0 Å². The van der Waals surface area contributed by atoms with Gasteiger partial charge in [-0.15, -0.1) is 0 Å². The van der Waals surface area contributed by atoms with Gasteiger partial charge in [-0.3, -0.25) is 0 Å². The van der Waals surface area contributed by atoms with Gasteiger partial charge in [0.2, 0.25) is 0 Å². The summed E-state index contributed by atoms with van der Waals surface area (Å²) in [6.45, 7) is 13.0. The molecule has 1 aliphatic rings. The predicted molar refractivity (Wildman–Crippen MR) is 45.5 cm³/mol. The normalized spacial score (nSPS) is 35.3. The molecule has 0 N–H and O–H groups in total. The first-order valence-electron chi connectivity index (χ1n) is 3.94. The van der Waals surface area contributed by atoms with Gasteiger partial charge in [0.25, 0.3) is 0 Å². The first-order valence-corrected chi connectivity index (χ1v) is 3.94. The average molecular weight is 137 g/mol. The molecule has 0 heteroatoms. The van der Waals surface area contributed by atoms with E-state index in [1.165, 1.54) is 5.57 Å². The van der Waals surface area contributed by atoms with Crippen molar-refractivity contribution in [3.8, 4) is 0 Å². The van der Waals surface area contributed by atoms with Crippen LogP contribution >= 0.6 is 0 Å². The molecule has 10 heavy (non-hydrogen) atoms. The van der Waals surface area contributed by atoms with Gasteiger partial charge in [0.15, 0.2) is 0 Å². The Morgan fingerprint density at radius 2 is 1.80 bits per heavy atom. The molecule has 2 atom stereocenters. The predicted octanol–water partition coefficient (Wildman–Crippen LogP) is 3.06. The summed E-state index contributed by atoms with van der Waals surface area (Å²) in [5.41, 5.74) is 1.89. The van der Waals surface area contributed by atoms with Crippen molar-refractivity contribution in [2.45, 2.75) is 27.7 Å². The minimum Gasteiger partial charge on any atom is -0.0819 e. The smallest absolute Gasteiger partial charge is 0.0143 e. The van der Waals surface area contributed by atoms with Crippen LogP contribution < -0.4 is 0 Å². The van der Waals surface area contributed by atoms with Crippen molar-refractivity contribution in [2.75, 3.05) is 0 Å². The second-order valence-corrected chi connectivity index (χ2v) is 4.20. The monoisotopic (exact) mass is 137 g/mol. The van der Waals surface area contributed by atoms with Gasteiger partial charge in [0.05, 0.1) is 0 Å². The fourth-order valence-corrected chi connectivity index (χ4v) is 1.48. The molecule has 0 aromatic carbocycles. The Morgan fingerprint density at radius 1 is 1.40 bits per heavy atom. The zero-order valence-electron chi connectivity index (χ0n) is 7.44. The Balaban J connectivity index is 2.58. The zero-order valence-corrected chi connectivity index (χ0v) is 7.44.